The van der Waals surface area contributed by atoms with Gasteiger partial charge in [-0.1, -0.05) is 18.5 Å². The molecule has 0 spiro atoms. The highest BCUT2D eigenvalue weighted by molar-refractivity contribution is 6.30. The zero-order valence-corrected chi connectivity index (χ0v) is 12.7. The van der Waals surface area contributed by atoms with E-state index in [2.05, 4.69) is 21.5 Å². The number of hydrogen-bond acceptors (Lipinski definition) is 4. The molecule has 0 saturated heterocycles. The highest BCUT2D eigenvalue weighted by Gasteiger charge is 2.30. The monoisotopic (exact) mass is 303 g/mol. The van der Waals surface area contributed by atoms with Crippen LogP contribution >= 0.6 is 11.6 Å². The van der Waals surface area contributed by atoms with Crippen molar-refractivity contribution in [3.05, 3.63) is 47.5 Å². The van der Waals surface area contributed by atoms with E-state index in [0.717, 1.165) is 24.3 Å². The van der Waals surface area contributed by atoms with E-state index in [4.69, 9.17) is 17.3 Å². The predicted molar refractivity (Wildman–Crippen MR) is 85.7 cm³/mol. The molecule has 0 radical (unpaired) electrons. The molecule has 3 rings (SSSR count). The van der Waals surface area contributed by atoms with Gasteiger partial charge < -0.3 is 15.2 Å². The highest BCUT2D eigenvalue weighted by Crippen LogP contribution is 2.31. The van der Waals surface area contributed by atoms with Crippen molar-refractivity contribution in [1.29, 1.82) is 0 Å². The van der Waals surface area contributed by atoms with Crippen molar-refractivity contribution in [2.45, 2.75) is 25.9 Å². The first-order valence-electron chi connectivity index (χ1n) is 7.05. The van der Waals surface area contributed by atoms with E-state index in [9.17, 15) is 0 Å². The summed E-state index contributed by atoms with van der Waals surface area (Å²) < 4.78 is 2.17. The Morgan fingerprint density at radius 2 is 2.10 bits per heavy atom. The van der Waals surface area contributed by atoms with Gasteiger partial charge in [-0.05, 0) is 30.7 Å². The summed E-state index contributed by atoms with van der Waals surface area (Å²) in [6.45, 7) is 3.74. The zero-order valence-electron chi connectivity index (χ0n) is 11.9. The van der Waals surface area contributed by atoms with Gasteiger partial charge in [0.2, 0.25) is 0 Å². The number of hydrogen-bond donors (Lipinski definition) is 1. The van der Waals surface area contributed by atoms with Crippen LogP contribution in [0, 0.1) is 0 Å². The lowest BCUT2D eigenvalue weighted by Crippen LogP contribution is -2.36. The summed E-state index contributed by atoms with van der Waals surface area (Å²) in [5.41, 5.74) is 8.21. The fourth-order valence-electron chi connectivity index (χ4n) is 2.67. The van der Waals surface area contributed by atoms with Gasteiger partial charge in [0.15, 0.2) is 5.96 Å². The smallest absolute Gasteiger partial charge is 0.196 e. The molecule has 1 aliphatic rings. The SMILES string of the molecule is CCCn1cncc1C1CN=C(N)N1c1ccc(Cl)cc1. The van der Waals surface area contributed by atoms with Gasteiger partial charge in [0.25, 0.3) is 0 Å². The van der Waals surface area contributed by atoms with E-state index < -0.39 is 0 Å². The molecule has 1 aromatic carbocycles. The second kappa shape index (κ2) is 5.77. The van der Waals surface area contributed by atoms with Gasteiger partial charge in [0.05, 0.1) is 30.8 Å². The number of guanidine groups is 1. The standard InChI is InChI=1S/C15H18ClN5/c1-2-7-20-10-18-8-13(20)14-9-19-15(17)21(14)12-5-3-11(16)4-6-12/h3-6,8,10,14H,2,7,9H2,1H3,(H2,17,19). The maximum absolute atomic E-state index is 6.08. The third kappa shape index (κ3) is 2.61. The Kier molecular flexibility index (Phi) is 3.84. The van der Waals surface area contributed by atoms with Crippen LogP contribution in [0.25, 0.3) is 0 Å². The van der Waals surface area contributed by atoms with E-state index in [-0.39, 0.29) is 6.04 Å². The van der Waals surface area contributed by atoms with Crippen molar-refractivity contribution in [2.75, 3.05) is 11.4 Å². The van der Waals surface area contributed by atoms with Crippen LogP contribution in [-0.4, -0.2) is 22.1 Å². The van der Waals surface area contributed by atoms with Gasteiger partial charge in [-0.15, -0.1) is 0 Å². The molecule has 2 heterocycles. The number of halogens is 1. The van der Waals surface area contributed by atoms with Crippen LogP contribution in [0.4, 0.5) is 5.69 Å². The lowest BCUT2D eigenvalue weighted by atomic mass is 10.1. The molecule has 2 aromatic rings. The fourth-order valence-corrected chi connectivity index (χ4v) is 2.80. The summed E-state index contributed by atoms with van der Waals surface area (Å²) in [5.74, 6) is 0.534. The minimum absolute atomic E-state index is 0.0835. The van der Waals surface area contributed by atoms with E-state index in [1.54, 1.807) is 0 Å². The van der Waals surface area contributed by atoms with Crippen LogP contribution in [0.5, 0.6) is 0 Å². The zero-order chi connectivity index (χ0) is 14.8. The summed E-state index contributed by atoms with van der Waals surface area (Å²) in [6.07, 6.45) is 4.83. The molecule has 2 N–H and O–H groups in total. The number of imidazole rings is 1. The van der Waals surface area contributed by atoms with Crippen LogP contribution in [0.1, 0.15) is 25.1 Å². The molecule has 0 fully saturated rings. The Morgan fingerprint density at radius 3 is 2.81 bits per heavy atom. The predicted octanol–water partition coefficient (Wildman–Crippen LogP) is 2.82. The van der Waals surface area contributed by atoms with E-state index >= 15 is 0 Å². The van der Waals surface area contributed by atoms with Gasteiger partial charge in [0.1, 0.15) is 0 Å². The summed E-state index contributed by atoms with van der Waals surface area (Å²) in [5, 5.41) is 0.709. The maximum atomic E-state index is 6.08. The number of aromatic nitrogens is 2. The van der Waals surface area contributed by atoms with Crippen LogP contribution in [0.2, 0.25) is 5.02 Å². The summed E-state index contributed by atoms with van der Waals surface area (Å²) >= 11 is 5.96. The summed E-state index contributed by atoms with van der Waals surface area (Å²) in [7, 11) is 0. The Labute approximate surface area is 129 Å². The van der Waals surface area contributed by atoms with Gasteiger partial charge in [-0.2, -0.15) is 0 Å². The average Bonchev–Trinajstić information content (AvgIpc) is 3.07. The van der Waals surface area contributed by atoms with Gasteiger partial charge in [-0.3, -0.25) is 4.99 Å². The van der Waals surface area contributed by atoms with Crippen molar-refractivity contribution < 1.29 is 0 Å². The third-order valence-corrected chi connectivity index (χ3v) is 3.89. The number of nitrogens with zero attached hydrogens (tertiary/aromatic N) is 4. The number of nitrogens with two attached hydrogens (primary N) is 1. The first-order chi connectivity index (χ1) is 10.2. The molecule has 0 amide bonds. The third-order valence-electron chi connectivity index (χ3n) is 3.64. The molecule has 110 valence electrons. The van der Waals surface area contributed by atoms with E-state index in [1.165, 1.54) is 0 Å². The fraction of sp³-hybridized carbons (Fsp3) is 0.333. The molecule has 1 atom stereocenters. The molecule has 0 aliphatic carbocycles. The second-order valence-electron chi connectivity index (χ2n) is 5.07. The molecule has 0 bridgehead atoms. The topological polar surface area (TPSA) is 59.4 Å². The first-order valence-corrected chi connectivity index (χ1v) is 7.43. The maximum Gasteiger partial charge on any atom is 0.196 e. The summed E-state index contributed by atoms with van der Waals surface area (Å²) in [4.78, 5) is 10.7. The number of aliphatic imine (C=N–C) groups is 1. The molecule has 5 nitrogen and oxygen atoms in total. The minimum atomic E-state index is 0.0835. The molecule has 6 heteroatoms. The molecule has 1 unspecified atom stereocenters. The lowest BCUT2D eigenvalue weighted by molar-refractivity contribution is 0.606. The van der Waals surface area contributed by atoms with E-state index in [1.807, 2.05) is 41.7 Å². The Balaban J connectivity index is 1.95. The lowest BCUT2D eigenvalue weighted by Gasteiger charge is -2.27. The first kappa shape index (κ1) is 13.9. The second-order valence-corrected chi connectivity index (χ2v) is 5.51. The normalized spacial score (nSPS) is 18.1. The van der Waals surface area contributed by atoms with Gasteiger partial charge in [0, 0.05) is 17.3 Å². The molecule has 1 aromatic heterocycles. The number of aryl methyl sites for hydroxylation is 1. The minimum Gasteiger partial charge on any atom is -0.369 e. The van der Waals surface area contributed by atoms with Crippen LogP contribution in [0.15, 0.2) is 41.8 Å². The van der Waals surface area contributed by atoms with Gasteiger partial charge >= 0.3 is 0 Å². The number of anilines is 1. The number of benzene rings is 1. The van der Waals surface area contributed by atoms with Crippen LogP contribution in [0.3, 0.4) is 0 Å². The van der Waals surface area contributed by atoms with Crippen LogP contribution in [-0.2, 0) is 6.54 Å². The van der Waals surface area contributed by atoms with E-state index in [0.29, 0.717) is 17.5 Å². The summed E-state index contributed by atoms with van der Waals surface area (Å²) in [6, 6.07) is 7.74. The molecule has 0 saturated carbocycles. The van der Waals surface area contributed by atoms with Crippen molar-refractivity contribution in [3.63, 3.8) is 0 Å². The highest BCUT2D eigenvalue weighted by atomic mass is 35.5. The Bertz CT molecular complexity index is 646. The molecular formula is C15H18ClN5. The molecule has 21 heavy (non-hydrogen) atoms. The molecule has 1 aliphatic heterocycles. The molecular weight excluding hydrogens is 286 g/mol. The largest absolute Gasteiger partial charge is 0.369 e. The Morgan fingerprint density at radius 1 is 1.33 bits per heavy atom. The van der Waals surface area contributed by atoms with Gasteiger partial charge in [-0.25, -0.2) is 4.98 Å². The quantitative estimate of drug-likeness (QED) is 0.945. The Hall–Kier alpha value is -2.01. The van der Waals surface area contributed by atoms with Crippen LogP contribution < -0.4 is 10.6 Å². The van der Waals surface area contributed by atoms with Crippen molar-refractivity contribution >= 4 is 23.2 Å². The number of rotatable bonds is 4. The van der Waals surface area contributed by atoms with Crippen molar-refractivity contribution in [3.8, 4) is 0 Å². The van der Waals surface area contributed by atoms with Crippen molar-refractivity contribution in [1.82, 2.24) is 9.55 Å². The average molecular weight is 304 g/mol. The van der Waals surface area contributed by atoms with Crippen molar-refractivity contribution in [2.24, 2.45) is 10.7 Å².